The van der Waals surface area contributed by atoms with Gasteiger partial charge in [-0.05, 0) is 24.6 Å². The molecule has 0 aliphatic heterocycles. The Morgan fingerprint density at radius 2 is 1.75 bits per heavy atom. The van der Waals surface area contributed by atoms with E-state index >= 15 is 0 Å². The highest BCUT2D eigenvalue weighted by Crippen LogP contribution is 2.24. The molecule has 0 radical (unpaired) electrons. The molecular formula is C20H21N5O2S. The lowest BCUT2D eigenvalue weighted by molar-refractivity contribution is -0.117. The molecule has 8 heteroatoms. The summed E-state index contributed by atoms with van der Waals surface area (Å²) in [5.74, 6) is 0.372. The van der Waals surface area contributed by atoms with E-state index in [2.05, 4.69) is 25.9 Å². The lowest BCUT2D eigenvalue weighted by atomic mass is 10.2. The number of amides is 3. The third-order valence-electron chi connectivity index (χ3n) is 3.81. The summed E-state index contributed by atoms with van der Waals surface area (Å²) >= 11 is 1.19. The number of benzene rings is 2. The van der Waals surface area contributed by atoms with E-state index in [9.17, 15) is 9.59 Å². The van der Waals surface area contributed by atoms with Crippen LogP contribution in [-0.2, 0) is 11.3 Å². The van der Waals surface area contributed by atoms with E-state index in [1.54, 1.807) is 0 Å². The molecule has 0 unspecified atom stereocenters. The predicted molar refractivity (Wildman–Crippen MR) is 111 cm³/mol. The number of nitrogens with one attached hydrogen (secondary N) is 3. The summed E-state index contributed by atoms with van der Waals surface area (Å²) in [6.45, 7) is 3.07. The molecule has 0 atom stereocenters. The monoisotopic (exact) mass is 395 g/mol. The van der Waals surface area contributed by atoms with Crippen LogP contribution in [0.1, 0.15) is 12.5 Å². The van der Waals surface area contributed by atoms with Gasteiger partial charge >= 0.3 is 6.03 Å². The van der Waals surface area contributed by atoms with Crippen molar-refractivity contribution >= 4 is 40.4 Å². The zero-order valence-electron chi connectivity index (χ0n) is 15.4. The summed E-state index contributed by atoms with van der Waals surface area (Å²) in [5, 5.41) is 9.60. The Kier molecular flexibility index (Phi) is 6.80. The maximum absolute atomic E-state index is 12.0. The SMILES string of the molecule is CCNc1nc(SCC(=O)NC(=O)NCc2ccccc2)nc2ccccc12. The Morgan fingerprint density at radius 3 is 2.54 bits per heavy atom. The van der Waals surface area contributed by atoms with Gasteiger partial charge in [0.2, 0.25) is 5.91 Å². The summed E-state index contributed by atoms with van der Waals surface area (Å²) < 4.78 is 0. The topological polar surface area (TPSA) is 96.0 Å². The number of urea groups is 1. The molecule has 3 amide bonds. The lowest BCUT2D eigenvalue weighted by Gasteiger charge is -2.09. The number of fused-ring (bicyclic) bond motifs is 1. The van der Waals surface area contributed by atoms with Crippen LogP contribution < -0.4 is 16.0 Å². The minimum Gasteiger partial charge on any atom is -0.370 e. The molecule has 0 spiro atoms. The summed E-state index contributed by atoms with van der Waals surface area (Å²) in [7, 11) is 0. The molecule has 0 saturated heterocycles. The zero-order valence-corrected chi connectivity index (χ0v) is 16.3. The molecule has 0 aliphatic carbocycles. The van der Waals surface area contributed by atoms with Crippen LogP contribution in [0.4, 0.5) is 10.6 Å². The fourth-order valence-corrected chi connectivity index (χ4v) is 3.19. The second-order valence-corrected chi connectivity index (χ2v) is 6.85. The van der Waals surface area contributed by atoms with E-state index in [-0.39, 0.29) is 5.75 Å². The van der Waals surface area contributed by atoms with Gasteiger partial charge in [0.25, 0.3) is 0 Å². The minimum atomic E-state index is -0.526. The Bertz CT molecular complexity index is 965. The standard InChI is InChI=1S/C20H21N5O2S/c1-2-21-18-15-10-6-7-11-16(15)23-20(25-18)28-13-17(26)24-19(27)22-12-14-8-4-3-5-9-14/h3-11H,2,12-13H2,1H3,(H,21,23,25)(H2,22,24,26,27). The van der Waals surface area contributed by atoms with E-state index in [0.29, 0.717) is 11.7 Å². The Hall–Kier alpha value is -3.13. The van der Waals surface area contributed by atoms with Crippen molar-refractivity contribution in [2.24, 2.45) is 0 Å². The highest BCUT2D eigenvalue weighted by Gasteiger charge is 2.11. The normalized spacial score (nSPS) is 10.5. The minimum absolute atomic E-state index is 0.0443. The second-order valence-electron chi connectivity index (χ2n) is 5.91. The summed E-state index contributed by atoms with van der Waals surface area (Å²) in [6, 6.07) is 16.6. The number of anilines is 1. The Balaban J connectivity index is 1.54. The maximum atomic E-state index is 12.0. The average molecular weight is 395 g/mol. The van der Waals surface area contributed by atoms with Crippen LogP contribution >= 0.6 is 11.8 Å². The van der Waals surface area contributed by atoms with Crippen molar-refractivity contribution in [1.29, 1.82) is 0 Å². The second kappa shape index (κ2) is 9.70. The number of hydrogen-bond donors (Lipinski definition) is 3. The Labute approximate surface area is 167 Å². The highest BCUT2D eigenvalue weighted by molar-refractivity contribution is 7.99. The van der Waals surface area contributed by atoms with Gasteiger partial charge in [-0.25, -0.2) is 14.8 Å². The van der Waals surface area contributed by atoms with E-state index < -0.39 is 11.9 Å². The van der Waals surface area contributed by atoms with Crippen molar-refractivity contribution in [2.75, 3.05) is 17.6 Å². The summed E-state index contributed by atoms with van der Waals surface area (Å²) in [6.07, 6.45) is 0. The van der Waals surface area contributed by atoms with Crippen LogP contribution in [0, 0.1) is 0 Å². The molecule has 3 aromatic rings. The zero-order chi connectivity index (χ0) is 19.8. The molecule has 0 fully saturated rings. The first-order chi connectivity index (χ1) is 13.7. The van der Waals surface area contributed by atoms with E-state index in [0.717, 1.165) is 28.8 Å². The van der Waals surface area contributed by atoms with Gasteiger partial charge < -0.3 is 10.6 Å². The number of nitrogens with zero attached hydrogens (tertiary/aromatic N) is 2. The smallest absolute Gasteiger partial charge is 0.321 e. The number of imide groups is 1. The molecule has 0 aliphatic rings. The number of rotatable bonds is 7. The first-order valence-corrected chi connectivity index (χ1v) is 9.89. The van der Waals surface area contributed by atoms with Crippen molar-refractivity contribution < 1.29 is 9.59 Å². The molecule has 3 rings (SSSR count). The van der Waals surface area contributed by atoms with E-state index in [1.165, 1.54) is 11.8 Å². The molecule has 28 heavy (non-hydrogen) atoms. The van der Waals surface area contributed by atoms with Crippen LogP contribution in [0.25, 0.3) is 10.9 Å². The first kappa shape index (κ1) is 19.6. The molecule has 3 N–H and O–H groups in total. The fraction of sp³-hybridized carbons (Fsp3) is 0.200. The lowest BCUT2D eigenvalue weighted by Crippen LogP contribution is -2.39. The summed E-state index contributed by atoms with van der Waals surface area (Å²) in [5.41, 5.74) is 1.76. The van der Waals surface area contributed by atoms with Crippen molar-refractivity contribution in [3.8, 4) is 0 Å². The quantitative estimate of drug-likeness (QED) is 0.420. The van der Waals surface area contributed by atoms with Gasteiger partial charge in [0.1, 0.15) is 5.82 Å². The number of aromatic nitrogens is 2. The third-order valence-corrected chi connectivity index (χ3v) is 4.66. The van der Waals surface area contributed by atoms with Gasteiger partial charge in [-0.15, -0.1) is 0 Å². The molecule has 0 bridgehead atoms. The van der Waals surface area contributed by atoms with Gasteiger partial charge in [-0.2, -0.15) is 0 Å². The molecule has 1 aromatic heterocycles. The summed E-state index contributed by atoms with van der Waals surface area (Å²) in [4.78, 5) is 32.9. The number of thioether (sulfide) groups is 1. The molecule has 144 valence electrons. The van der Waals surface area contributed by atoms with Gasteiger partial charge in [0.15, 0.2) is 5.16 Å². The van der Waals surface area contributed by atoms with Crippen LogP contribution in [-0.4, -0.2) is 34.2 Å². The largest absolute Gasteiger partial charge is 0.370 e. The van der Waals surface area contributed by atoms with Gasteiger partial charge in [-0.1, -0.05) is 54.2 Å². The molecule has 7 nitrogen and oxygen atoms in total. The van der Waals surface area contributed by atoms with E-state index in [1.807, 2.05) is 61.5 Å². The maximum Gasteiger partial charge on any atom is 0.321 e. The average Bonchev–Trinajstić information content (AvgIpc) is 2.72. The predicted octanol–water partition coefficient (Wildman–Crippen LogP) is 3.18. The van der Waals surface area contributed by atoms with Crippen LogP contribution in [0.3, 0.4) is 0 Å². The van der Waals surface area contributed by atoms with Crippen molar-refractivity contribution in [3.05, 3.63) is 60.2 Å². The number of carbonyl (C=O) groups excluding carboxylic acids is 2. The third kappa shape index (κ3) is 5.43. The highest BCUT2D eigenvalue weighted by atomic mass is 32.2. The van der Waals surface area contributed by atoms with Crippen molar-refractivity contribution in [3.63, 3.8) is 0 Å². The van der Waals surface area contributed by atoms with Crippen LogP contribution in [0.15, 0.2) is 59.8 Å². The van der Waals surface area contributed by atoms with E-state index in [4.69, 9.17) is 0 Å². The van der Waals surface area contributed by atoms with Crippen molar-refractivity contribution in [1.82, 2.24) is 20.6 Å². The van der Waals surface area contributed by atoms with Crippen molar-refractivity contribution in [2.45, 2.75) is 18.6 Å². The van der Waals surface area contributed by atoms with Crippen LogP contribution in [0.5, 0.6) is 0 Å². The van der Waals surface area contributed by atoms with Crippen LogP contribution in [0.2, 0.25) is 0 Å². The Morgan fingerprint density at radius 1 is 1.00 bits per heavy atom. The van der Waals surface area contributed by atoms with Gasteiger partial charge in [-0.3, -0.25) is 10.1 Å². The molecule has 1 heterocycles. The first-order valence-electron chi connectivity index (χ1n) is 8.90. The molecular weight excluding hydrogens is 374 g/mol. The number of hydrogen-bond acceptors (Lipinski definition) is 6. The number of carbonyl (C=O) groups is 2. The molecule has 2 aromatic carbocycles. The fourth-order valence-electron chi connectivity index (χ4n) is 2.54. The van der Waals surface area contributed by atoms with Gasteiger partial charge in [0.05, 0.1) is 11.3 Å². The number of para-hydroxylation sites is 1. The van der Waals surface area contributed by atoms with Gasteiger partial charge in [0, 0.05) is 18.5 Å². The molecule has 0 saturated carbocycles.